The number of aromatic nitrogens is 4. The Hall–Kier alpha value is -2.40. The second-order valence-corrected chi connectivity index (χ2v) is 7.21. The van der Waals surface area contributed by atoms with E-state index in [9.17, 15) is 9.36 Å². The summed E-state index contributed by atoms with van der Waals surface area (Å²) in [6, 6.07) is 0. The SMILES string of the molecule is C[C@H](Cn1cnc2c(N)ncnc21)OC[P+](=O)OCOC(=O)N1CCOCC1. The second-order valence-electron chi connectivity index (χ2n) is 6.02. The van der Waals surface area contributed by atoms with Crippen LogP contribution in [-0.2, 0) is 29.8 Å². The Morgan fingerprint density at radius 3 is 2.93 bits per heavy atom. The summed E-state index contributed by atoms with van der Waals surface area (Å²) in [6.07, 6.45) is 2.03. The molecule has 2 atom stereocenters. The van der Waals surface area contributed by atoms with Crippen molar-refractivity contribution in [2.45, 2.75) is 19.6 Å². The molecular weight excluding hydrogens is 391 g/mol. The zero-order chi connectivity index (χ0) is 19.9. The summed E-state index contributed by atoms with van der Waals surface area (Å²) in [4.78, 5) is 25.5. The van der Waals surface area contributed by atoms with Crippen LogP contribution in [0, 0.1) is 0 Å². The Labute approximate surface area is 161 Å². The van der Waals surface area contributed by atoms with Gasteiger partial charge in [-0.2, -0.15) is 0 Å². The van der Waals surface area contributed by atoms with Crippen LogP contribution in [0.5, 0.6) is 0 Å². The first-order chi connectivity index (χ1) is 13.5. The van der Waals surface area contributed by atoms with Crippen LogP contribution < -0.4 is 5.73 Å². The molecular formula is C15H22N6O6P+. The summed E-state index contributed by atoms with van der Waals surface area (Å²) in [7, 11) is -2.13. The fourth-order valence-corrected chi connectivity index (χ4v) is 3.18. The highest BCUT2D eigenvalue weighted by Gasteiger charge is 2.23. The number of hydrogen-bond donors (Lipinski definition) is 1. The van der Waals surface area contributed by atoms with Gasteiger partial charge in [0.1, 0.15) is 11.8 Å². The standard InChI is InChI=1S/C15H22N6O6P/c1-11(6-21-8-19-12-13(16)17-7-18-14(12)21)26-10-28(23)27-9-25-15(22)20-2-4-24-5-3-20/h7-8,11H,2-6,9-10H2,1H3,(H2,16,17,18)/q+1/t11-/m1/s1. The minimum Gasteiger partial charge on any atom is -0.417 e. The molecule has 1 amide bonds. The lowest BCUT2D eigenvalue weighted by Gasteiger charge is -2.25. The molecule has 12 nitrogen and oxygen atoms in total. The van der Waals surface area contributed by atoms with Crippen molar-refractivity contribution >= 4 is 31.1 Å². The fourth-order valence-electron chi connectivity index (χ4n) is 2.56. The van der Waals surface area contributed by atoms with Crippen LogP contribution in [0.4, 0.5) is 10.6 Å². The van der Waals surface area contributed by atoms with Gasteiger partial charge in [0.05, 0.1) is 32.2 Å². The van der Waals surface area contributed by atoms with E-state index in [2.05, 4.69) is 15.0 Å². The van der Waals surface area contributed by atoms with Crippen LogP contribution in [-0.4, -0.2) is 76.1 Å². The number of imidazole rings is 1. The molecule has 1 aliphatic heterocycles. The molecule has 28 heavy (non-hydrogen) atoms. The van der Waals surface area contributed by atoms with E-state index in [4.69, 9.17) is 24.5 Å². The number of amides is 1. The summed E-state index contributed by atoms with van der Waals surface area (Å²) in [5.74, 6) is 0.306. The number of ether oxygens (including phenoxy) is 3. The number of carbonyl (C=O) groups is 1. The van der Waals surface area contributed by atoms with Crippen LogP contribution in [0.15, 0.2) is 12.7 Å². The molecule has 2 aromatic rings. The topological polar surface area (TPSA) is 144 Å². The quantitative estimate of drug-likeness (QED) is 0.491. The Kier molecular flexibility index (Phi) is 7.04. The van der Waals surface area contributed by atoms with Crippen molar-refractivity contribution in [2.75, 3.05) is 45.2 Å². The normalized spacial score (nSPS) is 16.2. The molecule has 1 aliphatic rings. The molecule has 2 aromatic heterocycles. The maximum atomic E-state index is 11.9. The van der Waals surface area contributed by atoms with Gasteiger partial charge in [-0.15, -0.1) is 4.52 Å². The summed E-state index contributed by atoms with van der Waals surface area (Å²) in [5, 5.41) is 0. The molecule has 152 valence electrons. The van der Waals surface area contributed by atoms with E-state index in [1.165, 1.54) is 11.2 Å². The Bertz CT molecular complexity index is 826. The molecule has 2 N–H and O–H groups in total. The highest BCUT2D eigenvalue weighted by Crippen LogP contribution is 2.23. The van der Waals surface area contributed by atoms with Gasteiger partial charge in [0.25, 0.3) is 6.35 Å². The van der Waals surface area contributed by atoms with Crippen LogP contribution in [0.3, 0.4) is 0 Å². The number of nitrogens with two attached hydrogens (primary N) is 1. The largest absolute Gasteiger partial charge is 0.540 e. The van der Waals surface area contributed by atoms with E-state index in [-0.39, 0.29) is 12.5 Å². The Morgan fingerprint density at radius 1 is 1.36 bits per heavy atom. The second kappa shape index (κ2) is 9.69. The van der Waals surface area contributed by atoms with E-state index in [1.54, 1.807) is 10.9 Å². The van der Waals surface area contributed by atoms with Crippen LogP contribution in [0.2, 0.25) is 0 Å². The number of fused-ring (bicyclic) bond motifs is 1. The highest BCUT2D eigenvalue weighted by molar-refractivity contribution is 7.38. The van der Waals surface area contributed by atoms with Crippen LogP contribution in [0.25, 0.3) is 11.2 Å². The summed E-state index contributed by atoms with van der Waals surface area (Å²) in [6.45, 7) is 3.73. The molecule has 0 bridgehead atoms. The number of anilines is 1. The number of rotatable bonds is 8. The lowest BCUT2D eigenvalue weighted by Crippen LogP contribution is -2.41. The number of nitrogen functional groups attached to an aromatic ring is 1. The minimum absolute atomic E-state index is 0.130. The first kappa shape index (κ1) is 20.3. The first-order valence-electron chi connectivity index (χ1n) is 8.64. The van der Waals surface area contributed by atoms with Gasteiger partial charge in [0, 0.05) is 13.1 Å². The monoisotopic (exact) mass is 413 g/mol. The summed E-state index contributed by atoms with van der Waals surface area (Å²) in [5.41, 5.74) is 6.87. The zero-order valence-corrected chi connectivity index (χ0v) is 16.3. The number of carbonyl (C=O) groups excluding carboxylic acids is 1. The number of hydrogen-bond acceptors (Lipinski definition) is 10. The predicted octanol–water partition coefficient (Wildman–Crippen LogP) is 0.956. The Balaban J connectivity index is 1.37. The van der Waals surface area contributed by atoms with Gasteiger partial charge in [-0.25, -0.2) is 19.7 Å². The molecule has 1 unspecified atom stereocenters. The van der Waals surface area contributed by atoms with Crippen molar-refractivity contribution in [3.63, 3.8) is 0 Å². The van der Waals surface area contributed by atoms with Crippen molar-refractivity contribution in [1.29, 1.82) is 0 Å². The average Bonchev–Trinajstić information content (AvgIpc) is 3.11. The molecule has 1 saturated heterocycles. The van der Waals surface area contributed by atoms with Gasteiger partial charge in [-0.1, -0.05) is 0 Å². The lowest BCUT2D eigenvalue weighted by atomic mass is 10.4. The summed E-state index contributed by atoms with van der Waals surface area (Å²) >= 11 is 0. The van der Waals surface area contributed by atoms with Gasteiger partial charge >= 0.3 is 14.1 Å². The molecule has 0 radical (unpaired) electrons. The zero-order valence-electron chi connectivity index (χ0n) is 15.4. The van der Waals surface area contributed by atoms with Crippen molar-refractivity contribution in [2.24, 2.45) is 0 Å². The third-order valence-electron chi connectivity index (χ3n) is 4.00. The molecule has 3 rings (SSSR count). The van der Waals surface area contributed by atoms with Gasteiger partial charge in [-0.3, -0.25) is 0 Å². The number of morpholine rings is 1. The molecule has 1 fully saturated rings. The van der Waals surface area contributed by atoms with Crippen LogP contribution >= 0.6 is 8.03 Å². The van der Waals surface area contributed by atoms with Gasteiger partial charge in [0.15, 0.2) is 11.5 Å². The molecule has 0 spiro atoms. The van der Waals surface area contributed by atoms with Crippen LogP contribution in [0.1, 0.15) is 6.92 Å². The predicted molar refractivity (Wildman–Crippen MR) is 97.6 cm³/mol. The van der Waals surface area contributed by atoms with E-state index >= 15 is 0 Å². The fraction of sp³-hybridized carbons (Fsp3) is 0.600. The molecule has 0 aliphatic carbocycles. The third-order valence-corrected chi connectivity index (χ3v) is 4.75. The van der Waals surface area contributed by atoms with Crippen molar-refractivity contribution < 1.29 is 28.1 Å². The summed E-state index contributed by atoms with van der Waals surface area (Å²) < 4.78 is 34.3. The van der Waals surface area contributed by atoms with Crippen molar-refractivity contribution in [3.05, 3.63) is 12.7 Å². The van der Waals surface area contributed by atoms with Crippen molar-refractivity contribution in [1.82, 2.24) is 24.4 Å². The first-order valence-corrected chi connectivity index (χ1v) is 10.0. The maximum Gasteiger partial charge on any atom is 0.540 e. The van der Waals surface area contributed by atoms with E-state index in [0.717, 1.165) is 0 Å². The van der Waals surface area contributed by atoms with Gasteiger partial charge in [0.2, 0.25) is 6.79 Å². The number of nitrogens with zero attached hydrogens (tertiary/aromatic N) is 5. The van der Waals surface area contributed by atoms with E-state index in [0.29, 0.717) is 49.8 Å². The van der Waals surface area contributed by atoms with Crippen molar-refractivity contribution in [3.8, 4) is 0 Å². The molecule has 3 heterocycles. The third kappa shape index (κ3) is 5.32. The highest BCUT2D eigenvalue weighted by atomic mass is 31.1. The average molecular weight is 413 g/mol. The maximum absolute atomic E-state index is 11.9. The van der Waals surface area contributed by atoms with Gasteiger partial charge in [-0.05, 0) is 11.5 Å². The lowest BCUT2D eigenvalue weighted by molar-refractivity contribution is 0.00126. The van der Waals surface area contributed by atoms with Gasteiger partial charge < -0.3 is 29.4 Å². The van der Waals surface area contributed by atoms with E-state index < -0.39 is 20.9 Å². The molecule has 13 heteroatoms. The molecule has 0 aromatic carbocycles. The minimum atomic E-state index is -2.13. The van der Waals surface area contributed by atoms with E-state index in [1.807, 2.05) is 6.92 Å². The smallest absolute Gasteiger partial charge is 0.417 e. The molecule has 0 saturated carbocycles. The Morgan fingerprint density at radius 2 is 2.14 bits per heavy atom.